The average molecular weight is 234 g/mol. The van der Waals surface area contributed by atoms with E-state index in [1.165, 1.54) is 0 Å². The van der Waals surface area contributed by atoms with Gasteiger partial charge in [0.05, 0.1) is 0 Å². The van der Waals surface area contributed by atoms with E-state index >= 15 is 0 Å². The lowest BCUT2D eigenvalue weighted by Gasteiger charge is -1.92. The lowest BCUT2D eigenvalue weighted by molar-refractivity contribution is -0.117. The molecule has 94 valence electrons. The van der Waals surface area contributed by atoms with Crippen molar-refractivity contribution in [3.05, 3.63) is 36.5 Å². The molecule has 0 atom stereocenters. The van der Waals surface area contributed by atoms with Gasteiger partial charge in [-0.3, -0.25) is 4.79 Å². The van der Waals surface area contributed by atoms with Crippen molar-refractivity contribution in [3.8, 4) is 0 Å². The predicted octanol–water partition coefficient (Wildman–Crippen LogP) is 3.78. The molecule has 0 aliphatic carbocycles. The van der Waals surface area contributed by atoms with Gasteiger partial charge in [-0.15, -0.1) is 0 Å². The lowest BCUT2D eigenvalue weighted by atomic mass is 10.1. The van der Waals surface area contributed by atoms with Gasteiger partial charge < -0.3 is 4.79 Å². The van der Waals surface area contributed by atoms with Crippen LogP contribution in [-0.2, 0) is 9.59 Å². The van der Waals surface area contributed by atoms with E-state index in [-0.39, 0.29) is 11.6 Å². The van der Waals surface area contributed by atoms with Crippen LogP contribution in [-0.4, -0.2) is 11.6 Å². The Morgan fingerprint density at radius 1 is 1.00 bits per heavy atom. The molecule has 0 saturated heterocycles. The van der Waals surface area contributed by atoms with Gasteiger partial charge in [0.1, 0.15) is 5.78 Å². The van der Waals surface area contributed by atoms with E-state index in [0.29, 0.717) is 19.3 Å². The number of rotatable bonds is 9. The van der Waals surface area contributed by atoms with Gasteiger partial charge in [-0.2, -0.15) is 0 Å². The Morgan fingerprint density at radius 2 is 1.76 bits per heavy atom. The number of carbonyl (C=O) groups is 2. The van der Waals surface area contributed by atoms with Crippen molar-refractivity contribution in [2.24, 2.45) is 0 Å². The van der Waals surface area contributed by atoms with Crippen LogP contribution in [0.4, 0.5) is 0 Å². The van der Waals surface area contributed by atoms with Crippen LogP contribution in [0.5, 0.6) is 0 Å². The molecule has 0 N–H and O–H groups in total. The number of allylic oxidation sites excluding steroid dienone is 6. The summed E-state index contributed by atoms with van der Waals surface area (Å²) < 4.78 is 0. The minimum Gasteiger partial charge on any atom is -0.300 e. The van der Waals surface area contributed by atoms with Gasteiger partial charge in [0.25, 0.3) is 0 Å². The molecule has 0 saturated carbocycles. The topological polar surface area (TPSA) is 34.1 Å². The van der Waals surface area contributed by atoms with Crippen LogP contribution in [0.3, 0.4) is 0 Å². The molecule has 0 aromatic heterocycles. The van der Waals surface area contributed by atoms with Crippen LogP contribution in [0.25, 0.3) is 0 Å². The van der Waals surface area contributed by atoms with Crippen LogP contribution in [0.15, 0.2) is 36.5 Å². The first kappa shape index (κ1) is 15.6. The number of hydrogen-bond acceptors (Lipinski definition) is 2. The summed E-state index contributed by atoms with van der Waals surface area (Å²) in [5.41, 5.74) is 0. The van der Waals surface area contributed by atoms with Gasteiger partial charge in [-0.1, -0.05) is 37.3 Å². The smallest absolute Gasteiger partial charge is 0.155 e. The van der Waals surface area contributed by atoms with Gasteiger partial charge in [0, 0.05) is 12.8 Å². The third-order valence-electron chi connectivity index (χ3n) is 2.16. The van der Waals surface area contributed by atoms with Crippen molar-refractivity contribution in [1.29, 1.82) is 0 Å². The zero-order valence-electron chi connectivity index (χ0n) is 10.8. The zero-order chi connectivity index (χ0) is 12.9. The van der Waals surface area contributed by atoms with E-state index in [4.69, 9.17) is 0 Å². The molecule has 0 spiro atoms. The minimum absolute atomic E-state index is 0.0833. The van der Waals surface area contributed by atoms with Crippen LogP contribution in [0.2, 0.25) is 0 Å². The SMILES string of the molecule is CC/C=C\C/C=C\C=C/C(=O)CCCC(C)=O. The molecular weight excluding hydrogens is 212 g/mol. The molecule has 0 bridgehead atoms. The van der Waals surface area contributed by atoms with Gasteiger partial charge in [-0.25, -0.2) is 0 Å². The second-order valence-electron chi connectivity index (χ2n) is 3.92. The first-order chi connectivity index (χ1) is 8.16. The zero-order valence-corrected chi connectivity index (χ0v) is 10.8. The second kappa shape index (κ2) is 11.1. The Morgan fingerprint density at radius 3 is 2.41 bits per heavy atom. The van der Waals surface area contributed by atoms with Crippen molar-refractivity contribution in [1.82, 2.24) is 0 Å². The third-order valence-corrected chi connectivity index (χ3v) is 2.16. The summed E-state index contributed by atoms with van der Waals surface area (Å²) in [7, 11) is 0. The highest BCUT2D eigenvalue weighted by Crippen LogP contribution is 1.98. The minimum atomic E-state index is 0.0833. The maximum absolute atomic E-state index is 11.3. The maximum Gasteiger partial charge on any atom is 0.155 e. The normalized spacial score (nSPS) is 11.9. The third kappa shape index (κ3) is 12.5. The van der Waals surface area contributed by atoms with Crippen molar-refractivity contribution < 1.29 is 9.59 Å². The largest absolute Gasteiger partial charge is 0.300 e. The highest BCUT2D eigenvalue weighted by molar-refractivity contribution is 5.90. The Labute approximate surface area is 104 Å². The Bertz CT molecular complexity index is 309. The first-order valence-corrected chi connectivity index (χ1v) is 6.17. The fourth-order valence-electron chi connectivity index (χ4n) is 1.26. The molecule has 17 heavy (non-hydrogen) atoms. The standard InChI is InChI=1S/C15H22O2/c1-3-4-5-6-7-8-9-12-15(17)13-10-11-14(2)16/h4-5,7-9,12H,3,6,10-11,13H2,1-2H3/b5-4-,8-7-,12-9-. The molecule has 0 unspecified atom stereocenters. The number of Topliss-reactive ketones (excluding diaryl/α,β-unsaturated/α-hetero) is 1. The molecule has 0 rings (SSSR count). The number of ketones is 2. The van der Waals surface area contributed by atoms with Crippen molar-refractivity contribution in [2.45, 2.75) is 46.0 Å². The van der Waals surface area contributed by atoms with Gasteiger partial charge >= 0.3 is 0 Å². The van der Waals surface area contributed by atoms with Crippen molar-refractivity contribution >= 4 is 11.6 Å². The molecule has 2 nitrogen and oxygen atoms in total. The summed E-state index contributed by atoms with van der Waals surface area (Å²) >= 11 is 0. The Hall–Kier alpha value is -1.44. The maximum atomic E-state index is 11.3. The summed E-state index contributed by atoms with van der Waals surface area (Å²) in [6.45, 7) is 3.65. The van der Waals surface area contributed by atoms with E-state index in [0.717, 1.165) is 12.8 Å². The summed E-state index contributed by atoms with van der Waals surface area (Å²) in [6, 6.07) is 0. The van der Waals surface area contributed by atoms with Crippen LogP contribution in [0, 0.1) is 0 Å². The second-order valence-corrected chi connectivity index (χ2v) is 3.92. The Balaban J connectivity index is 3.65. The van der Waals surface area contributed by atoms with Gasteiger partial charge in [0.2, 0.25) is 0 Å². The average Bonchev–Trinajstić information content (AvgIpc) is 2.27. The summed E-state index contributed by atoms with van der Waals surface area (Å²) in [5.74, 6) is 0.226. The molecule has 0 aromatic carbocycles. The molecule has 0 aromatic rings. The quantitative estimate of drug-likeness (QED) is 0.345. The van der Waals surface area contributed by atoms with Crippen LogP contribution < -0.4 is 0 Å². The van der Waals surface area contributed by atoms with Gasteiger partial charge in [-0.05, 0) is 32.3 Å². The Kier molecular flexibility index (Phi) is 10.1. The fraction of sp³-hybridized carbons (Fsp3) is 0.467. The number of hydrogen-bond donors (Lipinski definition) is 0. The highest BCUT2D eigenvalue weighted by Gasteiger charge is 1.97. The lowest BCUT2D eigenvalue weighted by Crippen LogP contribution is -1.95. The van der Waals surface area contributed by atoms with E-state index < -0.39 is 0 Å². The molecular formula is C15H22O2. The molecule has 0 aliphatic rings. The molecule has 0 amide bonds. The molecule has 0 fully saturated rings. The van der Waals surface area contributed by atoms with Crippen LogP contribution in [0.1, 0.15) is 46.0 Å². The molecule has 0 aliphatic heterocycles. The van der Waals surface area contributed by atoms with Gasteiger partial charge in [0.15, 0.2) is 5.78 Å². The van der Waals surface area contributed by atoms with Crippen molar-refractivity contribution in [2.75, 3.05) is 0 Å². The van der Waals surface area contributed by atoms with E-state index in [1.54, 1.807) is 19.1 Å². The monoisotopic (exact) mass is 234 g/mol. The summed E-state index contributed by atoms with van der Waals surface area (Å²) in [4.78, 5) is 22.0. The summed E-state index contributed by atoms with van der Waals surface area (Å²) in [6.07, 6.45) is 15.0. The van der Waals surface area contributed by atoms with E-state index in [2.05, 4.69) is 19.1 Å². The fourth-order valence-corrected chi connectivity index (χ4v) is 1.26. The van der Waals surface area contributed by atoms with Crippen molar-refractivity contribution in [3.63, 3.8) is 0 Å². The van der Waals surface area contributed by atoms with Crippen LogP contribution >= 0.6 is 0 Å². The first-order valence-electron chi connectivity index (χ1n) is 6.17. The van der Waals surface area contributed by atoms with E-state index in [1.807, 2.05) is 12.2 Å². The van der Waals surface area contributed by atoms with E-state index in [9.17, 15) is 9.59 Å². The molecule has 0 heterocycles. The number of carbonyl (C=O) groups excluding carboxylic acids is 2. The summed E-state index contributed by atoms with van der Waals surface area (Å²) in [5, 5.41) is 0. The molecule has 2 heteroatoms. The molecule has 0 radical (unpaired) electrons. The highest BCUT2D eigenvalue weighted by atomic mass is 16.1. The predicted molar refractivity (Wildman–Crippen MR) is 71.9 cm³/mol.